The zero-order valence-corrected chi connectivity index (χ0v) is 16.7. The quantitative estimate of drug-likeness (QED) is 0.726. The van der Waals surface area contributed by atoms with Crippen LogP contribution in [0, 0.1) is 0 Å². The van der Waals surface area contributed by atoms with Gasteiger partial charge in [0.1, 0.15) is 5.54 Å². The van der Waals surface area contributed by atoms with Crippen molar-refractivity contribution in [2.75, 3.05) is 18.4 Å². The number of anilines is 1. The Balaban J connectivity index is 1.42. The third-order valence-electron chi connectivity index (χ3n) is 6.14. The topological polar surface area (TPSA) is 88.1 Å². The van der Waals surface area contributed by atoms with Gasteiger partial charge in [0.15, 0.2) is 0 Å². The van der Waals surface area contributed by atoms with Crippen molar-refractivity contribution in [1.29, 1.82) is 0 Å². The molecule has 1 saturated carbocycles. The van der Waals surface area contributed by atoms with Gasteiger partial charge < -0.3 is 16.0 Å². The number of carbonyl (C=O) groups excluding carboxylic acids is 2. The van der Waals surface area contributed by atoms with Gasteiger partial charge >= 0.3 is 0 Å². The van der Waals surface area contributed by atoms with E-state index in [1.165, 1.54) is 19.3 Å². The molecule has 1 aromatic heterocycles. The summed E-state index contributed by atoms with van der Waals surface area (Å²) in [5.74, 6) is -0.108. The number of nitrogens with zero attached hydrogens (tertiary/aromatic N) is 2. The van der Waals surface area contributed by atoms with Gasteiger partial charge in [-0.3, -0.25) is 14.3 Å². The van der Waals surface area contributed by atoms with Crippen molar-refractivity contribution >= 4 is 17.5 Å². The van der Waals surface area contributed by atoms with Gasteiger partial charge in [0.25, 0.3) is 11.8 Å². The number of amides is 2. The van der Waals surface area contributed by atoms with Crippen LogP contribution in [0.1, 0.15) is 55.3 Å². The number of rotatable bonds is 5. The van der Waals surface area contributed by atoms with Gasteiger partial charge in [-0.2, -0.15) is 5.10 Å². The van der Waals surface area contributed by atoms with Crippen molar-refractivity contribution in [3.8, 4) is 0 Å². The van der Waals surface area contributed by atoms with E-state index < -0.39 is 5.54 Å². The molecular formula is C22H29N5O2. The maximum absolute atomic E-state index is 13.2. The first-order valence-electron chi connectivity index (χ1n) is 10.6. The second-order valence-electron chi connectivity index (χ2n) is 8.07. The van der Waals surface area contributed by atoms with Crippen LogP contribution in [0.2, 0.25) is 0 Å². The second kappa shape index (κ2) is 8.78. The highest BCUT2D eigenvalue weighted by atomic mass is 16.2. The zero-order valence-electron chi connectivity index (χ0n) is 16.7. The van der Waals surface area contributed by atoms with Crippen LogP contribution in [0.5, 0.6) is 0 Å². The number of aromatic nitrogens is 2. The van der Waals surface area contributed by atoms with E-state index in [-0.39, 0.29) is 17.9 Å². The summed E-state index contributed by atoms with van der Waals surface area (Å²) in [6, 6.07) is 9.27. The lowest BCUT2D eigenvalue weighted by Gasteiger charge is -2.36. The van der Waals surface area contributed by atoms with Gasteiger partial charge in [0, 0.05) is 29.7 Å². The largest absolute Gasteiger partial charge is 0.349 e. The van der Waals surface area contributed by atoms with E-state index in [9.17, 15) is 9.59 Å². The summed E-state index contributed by atoms with van der Waals surface area (Å²) in [6.07, 6.45) is 10.7. The lowest BCUT2D eigenvalue weighted by molar-refractivity contribution is -0.126. The van der Waals surface area contributed by atoms with Crippen molar-refractivity contribution in [3.63, 3.8) is 0 Å². The molecule has 0 atom stereocenters. The minimum atomic E-state index is -0.689. The minimum Gasteiger partial charge on any atom is -0.349 e. The van der Waals surface area contributed by atoms with Crippen LogP contribution in [0.4, 0.5) is 5.69 Å². The Labute approximate surface area is 171 Å². The second-order valence-corrected chi connectivity index (χ2v) is 8.07. The molecule has 0 spiro atoms. The zero-order chi connectivity index (χ0) is 20.1. The molecule has 2 heterocycles. The summed E-state index contributed by atoms with van der Waals surface area (Å²) in [5.41, 5.74) is 0.623. The summed E-state index contributed by atoms with van der Waals surface area (Å²) in [6.45, 7) is 1.54. The molecule has 1 saturated heterocycles. The molecule has 154 valence electrons. The van der Waals surface area contributed by atoms with Crippen molar-refractivity contribution in [1.82, 2.24) is 20.4 Å². The molecule has 0 bridgehead atoms. The van der Waals surface area contributed by atoms with E-state index in [1.54, 1.807) is 35.1 Å². The fourth-order valence-corrected chi connectivity index (χ4v) is 4.39. The van der Waals surface area contributed by atoms with Gasteiger partial charge in [0.2, 0.25) is 0 Å². The first kappa shape index (κ1) is 19.6. The van der Waals surface area contributed by atoms with E-state index in [0.717, 1.165) is 25.9 Å². The van der Waals surface area contributed by atoms with Gasteiger partial charge in [0.05, 0.1) is 0 Å². The van der Waals surface area contributed by atoms with Crippen molar-refractivity contribution in [3.05, 3.63) is 48.3 Å². The first-order valence-corrected chi connectivity index (χ1v) is 10.6. The Hall–Kier alpha value is -2.67. The molecule has 2 fully saturated rings. The highest BCUT2D eigenvalue weighted by Crippen LogP contribution is 2.29. The molecular weight excluding hydrogens is 366 g/mol. The van der Waals surface area contributed by atoms with Crippen LogP contribution >= 0.6 is 0 Å². The third-order valence-corrected chi connectivity index (χ3v) is 6.14. The lowest BCUT2D eigenvalue weighted by atomic mass is 9.87. The monoisotopic (exact) mass is 395 g/mol. The molecule has 0 unspecified atom stereocenters. The molecule has 2 aliphatic rings. The van der Waals surface area contributed by atoms with Crippen molar-refractivity contribution in [2.45, 2.75) is 56.5 Å². The van der Waals surface area contributed by atoms with Gasteiger partial charge in [-0.25, -0.2) is 0 Å². The number of nitrogens with one attached hydrogen (secondary N) is 3. The SMILES string of the molecule is O=C(NC1CCCCC1)c1ccc(NC(=O)C2(n3cccn3)CCNCC2)cc1. The van der Waals surface area contributed by atoms with E-state index in [2.05, 4.69) is 21.0 Å². The Bertz CT molecular complexity index is 819. The maximum Gasteiger partial charge on any atom is 0.252 e. The number of carbonyl (C=O) groups is 2. The molecule has 29 heavy (non-hydrogen) atoms. The Kier molecular flexibility index (Phi) is 5.94. The number of benzene rings is 1. The summed E-state index contributed by atoms with van der Waals surface area (Å²) in [5, 5.41) is 13.8. The molecule has 7 nitrogen and oxygen atoms in total. The molecule has 1 aliphatic carbocycles. The van der Waals surface area contributed by atoms with Crippen molar-refractivity contribution in [2.24, 2.45) is 0 Å². The van der Waals surface area contributed by atoms with Crippen LogP contribution in [-0.2, 0) is 10.3 Å². The fourth-order valence-electron chi connectivity index (χ4n) is 4.39. The average Bonchev–Trinajstić information content (AvgIpc) is 3.31. The highest BCUT2D eigenvalue weighted by molar-refractivity contribution is 5.98. The predicted octanol–water partition coefficient (Wildman–Crippen LogP) is 2.66. The van der Waals surface area contributed by atoms with E-state index in [0.29, 0.717) is 24.1 Å². The minimum absolute atomic E-state index is 0.0406. The van der Waals surface area contributed by atoms with E-state index >= 15 is 0 Å². The smallest absolute Gasteiger partial charge is 0.252 e. The molecule has 4 rings (SSSR count). The molecule has 2 amide bonds. The molecule has 0 radical (unpaired) electrons. The predicted molar refractivity (Wildman–Crippen MR) is 112 cm³/mol. The molecule has 7 heteroatoms. The number of hydrogen-bond donors (Lipinski definition) is 3. The van der Waals surface area contributed by atoms with Gasteiger partial charge in [-0.1, -0.05) is 19.3 Å². The van der Waals surface area contributed by atoms with Crippen LogP contribution in [0.3, 0.4) is 0 Å². The number of hydrogen-bond acceptors (Lipinski definition) is 4. The van der Waals surface area contributed by atoms with E-state index in [1.807, 2.05) is 12.3 Å². The highest BCUT2D eigenvalue weighted by Gasteiger charge is 2.42. The summed E-state index contributed by atoms with van der Waals surface area (Å²) >= 11 is 0. The van der Waals surface area contributed by atoms with E-state index in [4.69, 9.17) is 0 Å². The number of piperidine rings is 1. The van der Waals surface area contributed by atoms with Gasteiger partial charge in [-0.15, -0.1) is 0 Å². The Morgan fingerprint density at radius 3 is 2.45 bits per heavy atom. The molecule has 3 N–H and O–H groups in total. The van der Waals surface area contributed by atoms with Crippen LogP contribution in [0.15, 0.2) is 42.7 Å². The fraction of sp³-hybridized carbons (Fsp3) is 0.500. The van der Waals surface area contributed by atoms with Crippen LogP contribution in [-0.4, -0.2) is 40.7 Å². The van der Waals surface area contributed by atoms with Crippen molar-refractivity contribution < 1.29 is 9.59 Å². The summed E-state index contributed by atoms with van der Waals surface area (Å²) in [4.78, 5) is 25.7. The third kappa shape index (κ3) is 4.34. The first-order chi connectivity index (χ1) is 14.2. The summed E-state index contributed by atoms with van der Waals surface area (Å²) in [7, 11) is 0. The average molecular weight is 396 g/mol. The lowest BCUT2D eigenvalue weighted by Crippen LogP contribution is -2.52. The Morgan fingerprint density at radius 1 is 1.07 bits per heavy atom. The standard InChI is InChI=1S/C22H29N5O2/c28-20(25-18-5-2-1-3-6-18)17-7-9-19(10-8-17)26-21(29)22(11-14-23-15-12-22)27-16-4-13-24-27/h4,7-10,13,16,18,23H,1-3,5-6,11-12,14-15H2,(H,25,28)(H,26,29). The normalized spacial score (nSPS) is 19.4. The van der Waals surface area contributed by atoms with Crippen LogP contribution < -0.4 is 16.0 Å². The molecule has 1 aromatic carbocycles. The maximum atomic E-state index is 13.2. The molecule has 1 aliphatic heterocycles. The molecule has 2 aromatic rings. The summed E-state index contributed by atoms with van der Waals surface area (Å²) < 4.78 is 1.77. The Morgan fingerprint density at radius 2 is 1.79 bits per heavy atom. The van der Waals surface area contributed by atoms with Gasteiger partial charge in [-0.05, 0) is 69.1 Å². The van der Waals surface area contributed by atoms with Crippen LogP contribution in [0.25, 0.3) is 0 Å².